The molecule has 0 amide bonds. The summed E-state index contributed by atoms with van der Waals surface area (Å²) < 4.78 is 34.7. The van der Waals surface area contributed by atoms with Gasteiger partial charge in [0, 0.05) is 37.1 Å². The highest BCUT2D eigenvalue weighted by Gasteiger charge is 2.25. The third-order valence-electron chi connectivity index (χ3n) is 3.38. The molecule has 1 aliphatic heterocycles. The first-order chi connectivity index (χ1) is 9.44. The van der Waals surface area contributed by atoms with Crippen molar-refractivity contribution in [2.24, 2.45) is 0 Å². The molecule has 0 aromatic carbocycles. The van der Waals surface area contributed by atoms with Crippen LogP contribution in [0.3, 0.4) is 0 Å². The van der Waals surface area contributed by atoms with Crippen LogP contribution < -0.4 is 10.0 Å². The monoisotopic (exact) mass is 301 g/mol. The molecular formula is C13H23N3O3S. The van der Waals surface area contributed by atoms with E-state index in [-0.39, 0.29) is 12.1 Å². The van der Waals surface area contributed by atoms with E-state index < -0.39 is 10.0 Å². The largest absolute Gasteiger partial charge is 0.380 e. The Morgan fingerprint density at radius 1 is 1.50 bits per heavy atom. The summed E-state index contributed by atoms with van der Waals surface area (Å²) in [6.45, 7) is 5.78. The topological polar surface area (TPSA) is 72.4 Å². The van der Waals surface area contributed by atoms with Crippen molar-refractivity contribution >= 4 is 10.0 Å². The van der Waals surface area contributed by atoms with Crippen LogP contribution in [0.5, 0.6) is 0 Å². The Morgan fingerprint density at radius 2 is 2.25 bits per heavy atom. The van der Waals surface area contributed by atoms with Crippen molar-refractivity contribution in [2.75, 3.05) is 20.3 Å². The van der Waals surface area contributed by atoms with E-state index in [1.165, 1.54) is 0 Å². The Labute approximate surface area is 120 Å². The zero-order valence-corrected chi connectivity index (χ0v) is 13.0. The van der Waals surface area contributed by atoms with Gasteiger partial charge in [-0.15, -0.1) is 0 Å². The molecule has 2 rings (SSSR count). The first-order valence-corrected chi connectivity index (χ1v) is 8.38. The summed E-state index contributed by atoms with van der Waals surface area (Å²) >= 11 is 0. The smallest absolute Gasteiger partial charge is 0.242 e. The van der Waals surface area contributed by atoms with Crippen LogP contribution in [0.2, 0.25) is 0 Å². The van der Waals surface area contributed by atoms with E-state index in [0.717, 1.165) is 12.1 Å². The minimum absolute atomic E-state index is 0.116. The molecule has 1 atom stereocenters. The molecule has 6 nitrogen and oxygen atoms in total. The van der Waals surface area contributed by atoms with Crippen molar-refractivity contribution in [1.29, 1.82) is 0 Å². The van der Waals surface area contributed by atoms with Crippen LogP contribution in [-0.2, 0) is 21.3 Å². The highest BCUT2D eigenvalue weighted by atomic mass is 32.2. The molecule has 2 N–H and O–H groups in total. The highest BCUT2D eigenvalue weighted by Crippen LogP contribution is 2.20. The first-order valence-electron chi connectivity index (χ1n) is 6.89. The lowest BCUT2D eigenvalue weighted by Gasteiger charge is -2.12. The van der Waals surface area contributed by atoms with Gasteiger partial charge in [-0.2, -0.15) is 0 Å². The fraction of sp³-hybridized carbons (Fsp3) is 0.692. The zero-order chi connectivity index (χ0) is 14.8. The molecule has 2 heterocycles. The fourth-order valence-corrected chi connectivity index (χ4v) is 3.67. The molecule has 1 fully saturated rings. The normalized spacial score (nSPS) is 19.9. The number of rotatable bonds is 6. The Balaban J connectivity index is 2.24. The van der Waals surface area contributed by atoms with Crippen LogP contribution in [0.1, 0.15) is 32.0 Å². The number of aromatic nitrogens is 1. The maximum absolute atomic E-state index is 12.4. The third kappa shape index (κ3) is 3.41. The fourth-order valence-electron chi connectivity index (χ4n) is 2.36. The summed E-state index contributed by atoms with van der Waals surface area (Å²) in [5.74, 6) is 0. The third-order valence-corrected chi connectivity index (χ3v) is 4.87. The highest BCUT2D eigenvalue weighted by molar-refractivity contribution is 7.89. The Bertz CT molecular complexity index is 545. The van der Waals surface area contributed by atoms with E-state index in [2.05, 4.69) is 10.0 Å². The Hall–Kier alpha value is -0.890. The summed E-state index contributed by atoms with van der Waals surface area (Å²) in [7, 11) is -1.63. The van der Waals surface area contributed by atoms with Gasteiger partial charge in [-0.05, 0) is 33.4 Å². The molecule has 114 valence electrons. The Kier molecular flexibility index (Phi) is 4.85. The number of ether oxygens (including phenoxy) is 1. The predicted octanol–water partition coefficient (Wildman–Crippen LogP) is 0.856. The first kappa shape index (κ1) is 15.5. The molecular weight excluding hydrogens is 278 g/mol. The minimum atomic E-state index is -3.48. The van der Waals surface area contributed by atoms with E-state index in [1.807, 2.05) is 25.5 Å². The van der Waals surface area contributed by atoms with Gasteiger partial charge >= 0.3 is 0 Å². The molecule has 1 aromatic heterocycles. The zero-order valence-electron chi connectivity index (χ0n) is 12.2. The van der Waals surface area contributed by atoms with Crippen molar-refractivity contribution in [3.8, 4) is 0 Å². The van der Waals surface area contributed by atoms with Crippen LogP contribution in [0.15, 0.2) is 17.2 Å². The Morgan fingerprint density at radius 3 is 2.80 bits per heavy atom. The number of sulfonamides is 1. The number of nitrogens with zero attached hydrogens (tertiary/aromatic N) is 1. The molecule has 1 aliphatic rings. The van der Waals surface area contributed by atoms with Crippen molar-refractivity contribution in [3.05, 3.63) is 18.0 Å². The second-order valence-corrected chi connectivity index (χ2v) is 7.09. The maximum atomic E-state index is 12.4. The van der Waals surface area contributed by atoms with E-state index in [1.54, 1.807) is 12.3 Å². The lowest BCUT2D eigenvalue weighted by Crippen LogP contribution is -2.34. The molecule has 0 spiro atoms. The van der Waals surface area contributed by atoms with Gasteiger partial charge < -0.3 is 14.6 Å². The van der Waals surface area contributed by atoms with Crippen LogP contribution in [0, 0.1) is 0 Å². The molecule has 1 aromatic rings. The molecule has 0 aliphatic carbocycles. The van der Waals surface area contributed by atoms with Gasteiger partial charge in [0.05, 0.1) is 11.5 Å². The van der Waals surface area contributed by atoms with Gasteiger partial charge in [0.15, 0.2) is 0 Å². The number of hydrogen-bond donors (Lipinski definition) is 2. The molecule has 0 radical (unpaired) electrons. The molecule has 7 heteroatoms. The van der Waals surface area contributed by atoms with Crippen LogP contribution >= 0.6 is 0 Å². The standard InChI is InChI=1S/C13H23N3O3S/c1-10(2)16-8-13(6-12(16)7-14-3)20(17,18)15-11-4-5-19-9-11/h6,8,10-11,14-15H,4-5,7,9H2,1-3H3. The number of hydrogen-bond acceptors (Lipinski definition) is 4. The van der Waals surface area contributed by atoms with E-state index in [9.17, 15) is 8.42 Å². The van der Waals surface area contributed by atoms with E-state index in [0.29, 0.717) is 24.7 Å². The number of nitrogens with one attached hydrogen (secondary N) is 2. The quantitative estimate of drug-likeness (QED) is 0.817. The van der Waals surface area contributed by atoms with Crippen LogP contribution in [-0.4, -0.2) is 39.3 Å². The molecule has 1 unspecified atom stereocenters. The van der Waals surface area contributed by atoms with Crippen molar-refractivity contribution in [1.82, 2.24) is 14.6 Å². The molecule has 1 saturated heterocycles. The predicted molar refractivity (Wildman–Crippen MR) is 77.1 cm³/mol. The molecule has 0 saturated carbocycles. The lowest BCUT2D eigenvalue weighted by molar-refractivity contribution is 0.192. The average molecular weight is 301 g/mol. The van der Waals surface area contributed by atoms with E-state index >= 15 is 0 Å². The van der Waals surface area contributed by atoms with Crippen LogP contribution in [0.25, 0.3) is 0 Å². The summed E-state index contributed by atoms with van der Waals surface area (Å²) in [6.07, 6.45) is 2.43. The van der Waals surface area contributed by atoms with Gasteiger partial charge in [0.1, 0.15) is 0 Å². The summed E-state index contributed by atoms with van der Waals surface area (Å²) in [5.41, 5.74) is 0.963. The minimum Gasteiger partial charge on any atom is -0.380 e. The summed E-state index contributed by atoms with van der Waals surface area (Å²) in [6, 6.07) is 1.83. The average Bonchev–Trinajstić information content (AvgIpc) is 2.98. The molecule has 20 heavy (non-hydrogen) atoms. The van der Waals surface area contributed by atoms with Gasteiger partial charge in [-0.3, -0.25) is 0 Å². The lowest BCUT2D eigenvalue weighted by atomic mass is 10.3. The summed E-state index contributed by atoms with van der Waals surface area (Å²) in [5, 5.41) is 3.06. The van der Waals surface area contributed by atoms with Gasteiger partial charge in [-0.1, -0.05) is 0 Å². The SMILES string of the molecule is CNCc1cc(S(=O)(=O)NC2CCOC2)cn1C(C)C. The van der Waals surface area contributed by atoms with E-state index in [4.69, 9.17) is 4.74 Å². The second kappa shape index (κ2) is 6.26. The van der Waals surface area contributed by atoms with Gasteiger partial charge in [0.25, 0.3) is 0 Å². The maximum Gasteiger partial charge on any atom is 0.242 e. The van der Waals surface area contributed by atoms with Crippen molar-refractivity contribution < 1.29 is 13.2 Å². The van der Waals surface area contributed by atoms with Gasteiger partial charge in [0.2, 0.25) is 10.0 Å². The van der Waals surface area contributed by atoms with Crippen molar-refractivity contribution in [3.63, 3.8) is 0 Å². The van der Waals surface area contributed by atoms with Crippen LogP contribution in [0.4, 0.5) is 0 Å². The van der Waals surface area contributed by atoms with Gasteiger partial charge in [-0.25, -0.2) is 13.1 Å². The second-order valence-electron chi connectivity index (χ2n) is 5.38. The van der Waals surface area contributed by atoms with Crippen molar-refractivity contribution in [2.45, 2.75) is 43.8 Å². The summed E-state index contributed by atoms with van der Waals surface area (Å²) in [4.78, 5) is 0.323. The molecule has 0 bridgehead atoms.